The van der Waals surface area contributed by atoms with Crippen molar-refractivity contribution >= 4 is 34.8 Å². The van der Waals surface area contributed by atoms with E-state index in [1.54, 1.807) is 11.3 Å². The molecule has 5 nitrogen and oxygen atoms in total. The number of rotatable bonds is 5. The predicted molar refractivity (Wildman–Crippen MR) is 116 cm³/mol. The van der Waals surface area contributed by atoms with E-state index in [0.717, 1.165) is 63.1 Å². The SMILES string of the molecule is Cc1csc(SC2CCC(NC(=O)C3CCCN(c4ccccn4)C3)CC2)n1. The van der Waals surface area contributed by atoms with Crippen molar-refractivity contribution in [1.29, 1.82) is 0 Å². The molecule has 1 aliphatic carbocycles. The molecule has 1 N–H and O–H groups in total. The standard InChI is InChI=1S/C21H28N4OS2/c1-15-14-27-21(23-15)28-18-9-7-17(8-10-18)24-20(26)16-5-4-12-25(13-16)19-6-2-3-11-22-19/h2-3,6,11,14,16-18H,4-5,7-10,12-13H2,1H3,(H,24,26). The molecule has 1 amide bonds. The second-order valence-corrected chi connectivity index (χ2v) is 10.2. The number of aromatic nitrogens is 2. The van der Waals surface area contributed by atoms with Gasteiger partial charge in [-0.2, -0.15) is 0 Å². The molecule has 1 saturated heterocycles. The van der Waals surface area contributed by atoms with Gasteiger partial charge in [0, 0.05) is 41.7 Å². The molecule has 1 unspecified atom stereocenters. The molecule has 4 rings (SSSR count). The highest BCUT2D eigenvalue weighted by Crippen LogP contribution is 2.35. The van der Waals surface area contributed by atoms with Gasteiger partial charge in [-0.05, 0) is 57.6 Å². The minimum absolute atomic E-state index is 0.0705. The molecular weight excluding hydrogens is 388 g/mol. The molecule has 0 spiro atoms. The Labute approximate surface area is 175 Å². The number of amides is 1. The van der Waals surface area contributed by atoms with E-state index in [4.69, 9.17) is 0 Å². The van der Waals surface area contributed by atoms with Crippen LogP contribution in [0.3, 0.4) is 0 Å². The first-order valence-electron chi connectivity index (χ1n) is 10.2. The molecule has 2 aromatic rings. The molecule has 0 bridgehead atoms. The molecule has 2 aromatic heterocycles. The number of carbonyl (C=O) groups excluding carboxylic acids is 1. The summed E-state index contributed by atoms with van der Waals surface area (Å²) in [4.78, 5) is 24.1. The Bertz CT molecular complexity index is 774. The Kier molecular flexibility index (Phi) is 6.52. The van der Waals surface area contributed by atoms with Gasteiger partial charge in [-0.15, -0.1) is 11.3 Å². The second-order valence-electron chi connectivity index (χ2n) is 7.83. The van der Waals surface area contributed by atoms with E-state index in [-0.39, 0.29) is 11.8 Å². The first-order chi connectivity index (χ1) is 13.7. The maximum Gasteiger partial charge on any atom is 0.225 e. The minimum atomic E-state index is 0.0705. The molecule has 2 fully saturated rings. The van der Waals surface area contributed by atoms with Gasteiger partial charge in [0.15, 0.2) is 0 Å². The zero-order valence-corrected chi connectivity index (χ0v) is 18.0. The van der Waals surface area contributed by atoms with Crippen LogP contribution < -0.4 is 10.2 Å². The van der Waals surface area contributed by atoms with Gasteiger partial charge in [-0.1, -0.05) is 17.8 Å². The highest BCUT2D eigenvalue weighted by molar-refractivity contribution is 8.01. The van der Waals surface area contributed by atoms with Crippen LogP contribution in [0, 0.1) is 12.8 Å². The van der Waals surface area contributed by atoms with Crippen LogP contribution in [0.5, 0.6) is 0 Å². The van der Waals surface area contributed by atoms with Gasteiger partial charge in [0.25, 0.3) is 0 Å². The lowest BCUT2D eigenvalue weighted by molar-refractivity contribution is -0.126. The fourth-order valence-corrected chi connectivity index (χ4v) is 6.40. The Morgan fingerprint density at radius 1 is 1.25 bits per heavy atom. The fourth-order valence-electron chi connectivity index (χ4n) is 4.11. The number of thioether (sulfide) groups is 1. The summed E-state index contributed by atoms with van der Waals surface area (Å²) in [6.07, 6.45) is 8.30. The summed E-state index contributed by atoms with van der Waals surface area (Å²) in [6.45, 7) is 3.81. The number of hydrogen-bond donors (Lipinski definition) is 1. The van der Waals surface area contributed by atoms with Crippen molar-refractivity contribution in [2.45, 2.75) is 61.1 Å². The molecule has 0 aromatic carbocycles. The number of nitrogens with zero attached hydrogens (tertiary/aromatic N) is 3. The van der Waals surface area contributed by atoms with Gasteiger partial charge in [0.1, 0.15) is 10.2 Å². The molecule has 7 heteroatoms. The molecule has 0 radical (unpaired) electrons. The number of carbonyl (C=O) groups is 1. The molecule has 1 saturated carbocycles. The van der Waals surface area contributed by atoms with E-state index in [1.165, 1.54) is 4.34 Å². The maximum atomic E-state index is 12.8. The lowest BCUT2D eigenvalue weighted by Gasteiger charge is -2.34. The first-order valence-corrected chi connectivity index (χ1v) is 12.0. The quantitative estimate of drug-likeness (QED) is 0.788. The van der Waals surface area contributed by atoms with E-state index in [2.05, 4.69) is 25.6 Å². The number of aryl methyl sites for hydroxylation is 1. The molecule has 3 heterocycles. The second kappa shape index (κ2) is 9.27. The topological polar surface area (TPSA) is 58.1 Å². The van der Waals surface area contributed by atoms with Crippen molar-refractivity contribution in [3.8, 4) is 0 Å². The summed E-state index contributed by atoms with van der Waals surface area (Å²) in [5, 5.41) is 6.09. The average molecular weight is 417 g/mol. The summed E-state index contributed by atoms with van der Waals surface area (Å²) < 4.78 is 1.18. The van der Waals surface area contributed by atoms with Crippen LogP contribution in [0.4, 0.5) is 5.82 Å². The predicted octanol–water partition coefficient (Wildman–Crippen LogP) is 4.28. The van der Waals surface area contributed by atoms with Gasteiger partial charge in [0.2, 0.25) is 5.91 Å². The summed E-state index contributed by atoms with van der Waals surface area (Å²) in [5.41, 5.74) is 1.11. The number of pyridine rings is 1. The number of hydrogen-bond acceptors (Lipinski definition) is 6. The number of anilines is 1. The van der Waals surface area contributed by atoms with Crippen molar-refractivity contribution < 1.29 is 4.79 Å². The van der Waals surface area contributed by atoms with Gasteiger partial charge in [0.05, 0.1) is 5.92 Å². The van der Waals surface area contributed by atoms with E-state index in [0.29, 0.717) is 11.3 Å². The van der Waals surface area contributed by atoms with Gasteiger partial charge in [-0.25, -0.2) is 9.97 Å². The summed E-state index contributed by atoms with van der Waals surface area (Å²) in [6, 6.07) is 6.30. The molecule has 1 atom stereocenters. The van der Waals surface area contributed by atoms with Crippen molar-refractivity contribution in [1.82, 2.24) is 15.3 Å². The Balaban J connectivity index is 1.24. The van der Waals surface area contributed by atoms with Crippen molar-refractivity contribution in [3.05, 3.63) is 35.5 Å². The normalized spacial score (nSPS) is 25.5. The average Bonchev–Trinajstić information content (AvgIpc) is 3.15. The van der Waals surface area contributed by atoms with E-state index >= 15 is 0 Å². The highest BCUT2D eigenvalue weighted by atomic mass is 32.2. The van der Waals surface area contributed by atoms with Crippen LogP contribution in [0.15, 0.2) is 34.1 Å². The van der Waals surface area contributed by atoms with Gasteiger partial charge in [-0.3, -0.25) is 4.79 Å². The Morgan fingerprint density at radius 3 is 2.82 bits per heavy atom. The number of nitrogens with one attached hydrogen (secondary N) is 1. The number of piperidine rings is 1. The van der Waals surface area contributed by atoms with Crippen LogP contribution >= 0.6 is 23.1 Å². The third-order valence-corrected chi connectivity index (χ3v) is 8.08. The number of thiazole rings is 1. The van der Waals surface area contributed by atoms with Crippen molar-refractivity contribution in [2.24, 2.45) is 5.92 Å². The Morgan fingerprint density at radius 2 is 2.11 bits per heavy atom. The Hall–Kier alpha value is -1.60. The van der Waals surface area contributed by atoms with Gasteiger partial charge < -0.3 is 10.2 Å². The summed E-state index contributed by atoms with van der Waals surface area (Å²) >= 11 is 3.66. The third-order valence-electron chi connectivity index (χ3n) is 5.65. The highest BCUT2D eigenvalue weighted by Gasteiger charge is 2.29. The van der Waals surface area contributed by atoms with Crippen LogP contribution in [-0.2, 0) is 4.79 Å². The van der Waals surface area contributed by atoms with Crippen LogP contribution in [0.2, 0.25) is 0 Å². The first kappa shape index (κ1) is 19.7. The van der Waals surface area contributed by atoms with Crippen molar-refractivity contribution in [3.63, 3.8) is 0 Å². The lowest BCUT2D eigenvalue weighted by atomic mass is 9.92. The molecule has 2 aliphatic rings. The van der Waals surface area contributed by atoms with Crippen molar-refractivity contribution in [2.75, 3.05) is 18.0 Å². The lowest BCUT2D eigenvalue weighted by Crippen LogP contribution is -2.47. The van der Waals surface area contributed by atoms with E-state index in [1.807, 2.05) is 43.1 Å². The summed E-state index contributed by atoms with van der Waals surface area (Å²) in [5.74, 6) is 1.28. The fraction of sp³-hybridized carbons (Fsp3) is 0.571. The van der Waals surface area contributed by atoms with E-state index < -0.39 is 0 Å². The minimum Gasteiger partial charge on any atom is -0.356 e. The molecular formula is C21H28N4OS2. The van der Waals surface area contributed by atoms with Crippen LogP contribution in [0.1, 0.15) is 44.2 Å². The molecule has 1 aliphatic heterocycles. The zero-order chi connectivity index (χ0) is 19.3. The van der Waals surface area contributed by atoms with Crippen LogP contribution in [0.25, 0.3) is 0 Å². The largest absolute Gasteiger partial charge is 0.356 e. The zero-order valence-electron chi connectivity index (χ0n) is 16.3. The monoisotopic (exact) mass is 416 g/mol. The smallest absolute Gasteiger partial charge is 0.225 e. The van der Waals surface area contributed by atoms with Gasteiger partial charge >= 0.3 is 0 Å². The molecule has 150 valence electrons. The van der Waals surface area contributed by atoms with E-state index in [9.17, 15) is 4.79 Å². The summed E-state index contributed by atoms with van der Waals surface area (Å²) in [7, 11) is 0. The maximum absolute atomic E-state index is 12.8. The third kappa shape index (κ3) is 5.06. The molecule has 28 heavy (non-hydrogen) atoms. The van der Waals surface area contributed by atoms with Crippen LogP contribution in [-0.4, -0.2) is 40.3 Å².